The van der Waals surface area contributed by atoms with Crippen LogP contribution < -0.4 is 10.3 Å². The van der Waals surface area contributed by atoms with E-state index in [0.29, 0.717) is 10.7 Å². The molecule has 3 aromatic heterocycles. The number of pyridine rings is 2. The number of rotatable bonds is 5. The minimum absolute atomic E-state index is 0.0395. The summed E-state index contributed by atoms with van der Waals surface area (Å²) in [6.07, 6.45) is -0.842. The summed E-state index contributed by atoms with van der Waals surface area (Å²) in [4.78, 5) is 20.7. The fraction of sp³-hybridized carbons (Fsp3) is 0.143. The van der Waals surface area contributed by atoms with E-state index in [1.165, 1.54) is 31.6 Å². The first-order valence-electron chi connectivity index (χ1n) is 9.51. The van der Waals surface area contributed by atoms with Crippen molar-refractivity contribution in [1.82, 2.24) is 19.7 Å². The van der Waals surface area contributed by atoms with E-state index in [-0.39, 0.29) is 38.9 Å². The molecule has 12 heteroatoms. The van der Waals surface area contributed by atoms with Crippen LogP contribution in [0.4, 0.5) is 13.2 Å². The average Bonchev–Trinajstić information content (AvgIpc) is 2.79. The zero-order valence-corrected chi connectivity index (χ0v) is 17.8. The van der Waals surface area contributed by atoms with Crippen LogP contribution >= 0.6 is 0 Å². The maximum atomic E-state index is 13.1. The van der Waals surface area contributed by atoms with Gasteiger partial charge in [0, 0.05) is 23.7 Å². The van der Waals surface area contributed by atoms with E-state index in [4.69, 9.17) is 4.74 Å². The molecule has 0 aliphatic carbocycles. The van der Waals surface area contributed by atoms with Gasteiger partial charge in [-0.25, -0.2) is 18.4 Å². The Kier molecular flexibility index (Phi) is 5.62. The van der Waals surface area contributed by atoms with Gasteiger partial charge in [0.1, 0.15) is 10.6 Å². The third-order valence-electron chi connectivity index (χ3n) is 4.70. The molecule has 0 radical (unpaired) electrons. The maximum Gasteiger partial charge on any atom is 0.416 e. The highest BCUT2D eigenvalue weighted by Gasteiger charge is 2.31. The van der Waals surface area contributed by atoms with Gasteiger partial charge in [0.15, 0.2) is 15.7 Å². The summed E-state index contributed by atoms with van der Waals surface area (Å²) in [7, 11) is -3.94. The molecule has 0 N–H and O–H groups in total. The molecule has 8 nitrogen and oxygen atoms in total. The van der Waals surface area contributed by atoms with Crippen molar-refractivity contribution in [1.29, 1.82) is 0 Å². The Hall–Kier alpha value is -3.80. The number of hydrogen-bond acceptors (Lipinski definition) is 7. The highest BCUT2D eigenvalue weighted by Crippen LogP contribution is 2.31. The Labute approximate surface area is 185 Å². The second-order valence-corrected chi connectivity index (χ2v) is 9.07. The summed E-state index contributed by atoms with van der Waals surface area (Å²) in [6.45, 7) is 1.40. The van der Waals surface area contributed by atoms with Gasteiger partial charge in [-0.15, -0.1) is 0 Å². The van der Waals surface area contributed by atoms with Crippen LogP contribution in [0.2, 0.25) is 0 Å². The molecule has 0 atom stereocenters. The molecule has 1 aromatic carbocycles. The SMILES string of the molecule is CCS(=O)(=O)c1cc(Oc2ccccn2)cnc1-n1ncc2ccc(C(F)(F)F)cc2c1=O. The number of benzene rings is 1. The fourth-order valence-electron chi connectivity index (χ4n) is 3.01. The fourth-order valence-corrected chi connectivity index (χ4v) is 4.04. The Balaban J connectivity index is 1.90. The lowest BCUT2D eigenvalue weighted by atomic mass is 10.1. The number of ether oxygens (including phenoxy) is 1. The van der Waals surface area contributed by atoms with Crippen LogP contribution in [0.1, 0.15) is 12.5 Å². The summed E-state index contributed by atoms with van der Waals surface area (Å²) < 4.78 is 71.1. The lowest BCUT2D eigenvalue weighted by Gasteiger charge is -2.13. The highest BCUT2D eigenvalue weighted by molar-refractivity contribution is 7.91. The monoisotopic (exact) mass is 476 g/mol. The lowest BCUT2D eigenvalue weighted by Crippen LogP contribution is -2.24. The van der Waals surface area contributed by atoms with Gasteiger partial charge in [0.05, 0.1) is 29.1 Å². The Morgan fingerprint density at radius 2 is 1.85 bits per heavy atom. The van der Waals surface area contributed by atoms with E-state index < -0.39 is 27.1 Å². The van der Waals surface area contributed by atoms with Crippen molar-refractivity contribution in [3.05, 3.63) is 77.0 Å². The summed E-state index contributed by atoms with van der Waals surface area (Å²) in [5.74, 6) is -0.449. The molecule has 0 aliphatic heterocycles. The molecule has 4 rings (SSSR count). The smallest absolute Gasteiger partial charge is 0.416 e. The molecule has 0 unspecified atom stereocenters. The Morgan fingerprint density at radius 3 is 2.52 bits per heavy atom. The van der Waals surface area contributed by atoms with E-state index in [2.05, 4.69) is 15.1 Å². The van der Waals surface area contributed by atoms with Crippen LogP contribution in [0.15, 0.2) is 70.7 Å². The summed E-state index contributed by atoms with van der Waals surface area (Å²) in [6, 6.07) is 8.71. The predicted molar refractivity (Wildman–Crippen MR) is 112 cm³/mol. The van der Waals surface area contributed by atoms with E-state index in [9.17, 15) is 26.4 Å². The van der Waals surface area contributed by atoms with Crippen LogP contribution in [0.25, 0.3) is 16.6 Å². The largest absolute Gasteiger partial charge is 0.437 e. The van der Waals surface area contributed by atoms with Gasteiger partial charge >= 0.3 is 6.18 Å². The second-order valence-electron chi connectivity index (χ2n) is 6.83. The number of sulfone groups is 1. The van der Waals surface area contributed by atoms with Crippen molar-refractivity contribution < 1.29 is 26.3 Å². The topological polar surface area (TPSA) is 104 Å². The number of fused-ring (bicyclic) bond motifs is 1. The van der Waals surface area contributed by atoms with Crippen molar-refractivity contribution in [3.8, 4) is 17.4 Å². The van der Waals surface area contributed by atoms with Crippen molar-refractivity contribution in [2.75, 3.05) is 5.75 Å². The van der Waals surface area contributed by atoms with Gasteiger partial charge in [-0.1, -0.05) is 19.1 Å². The number of halogens is 3. The molecule has 0 bridgehead atoms. The standard InChI is InChI=1S/C21H15F3N4O4S/c1-2-33(30,31)17-10-15(32-18-5-3-4-8-25-18)12-26-19(17)28-20(29)16-9-14(21(22,23)24)7-6-13(16)11-27-28/h3-12H,2H2,1H3. The van der Waals surface area contributed by atoms with Crippen molar-refractivity contribution >= 4 is 20.6 Å². The minimum Gasteiger partial charge on any atom is -0.437 e. The summed E-state index contributed by atoms with van der Waals surface area (Å²) in [5, 5.41) is 3.82. The first-order valence-corrected chi connectivity index (χ1v) is 11.2. The van der Waals surface area contributed by atoms with Crippen LogP contribution in [-0.4, -0.2) is 33.9 Å². The molecule has 3 heterocycles. The number of hydrogen-bond donors (Lipinski definition) is 0. The normalized spacial score (nSPS) is 12.1. The van der Waals surface area contributed by atoms with Crippen LogP contribution in [0, 0.1) is 0 Å². The Morgan fingerprint density at radius 1 is 1.06 bits per heavy atom. The molecule has 4 aromatic rings. The van der Waals surface area contributed by atoms with E-state index in [0.717, 1.165) is 12.1 Å². The molecule has 33 heavy (non-hydrogen) atoms. The Bertz CT molecular complexity index is 1500. The van der Waals surface area contributed by atoms with Gasteiger partial charge in [0.2, 0.25) is 5.88 Å². The van der Waals surface area contributed by atoms with E-state index in [1.54, 1.807) is 18.2 Å². The quantitative estimate of drug-likeness (QED) is 0.432. The van der Waals surface area contributed by atoms with E-state index >= 15 is 0 Å². The average molecular weight is 476 g/mol. The summed E-state index contributed by atoms with van der Waals surface area (Å²) in [5.41, 5.74) is -1.96. The highest BCUT2D eigenvalue weighted by atomic mass is 32.2. The molecule has 0 saturated carbocycles. The summed E-state index contributed by atoms with van der Waals surface area (Å²) >= 11 is 0. The first kappa shape index (κ1) is 22.4. The lowest BCUT2D eigenvalue weighted by molar-refractivity contribution is -0.137. The second kappa shape index (κ2) is 8.28. The molecular formula is C21H15F3N4O4S. The van der Waals surface area contributed by atoms with E-state index in [1.807, 2.05) is 0 Å². The maximum absolute atomic E-state index is 13.1. The molecule has 170 valence electrons. The molecule has 0 aliphatic rings. The predicted octanol–water partition coefficient (Wildman–Crippen LogP) is 3.78. The molecule has 0 spiro atoms. The third-order valence-corrected chi connectivity index (χ3v) is 6.43. The van der Waals surface area contributed by atoms with Gasteiger partial charge in [-0.3, -0.25) is 4.79 Å². The zero-order chi connectivity index (χ0) is 23.8. The van der Waals surface area contributed by atoms with Gasteiger partial charge in [0.25, 0.3) is 5.56 Å². The van der Waals surface area contributed by atoms with Gasteiger partial charge < -0.3 is 4.74 Å². The molecule has 0 fully saturated rings. The van der Waals surface area contributed by atoms with Crippen molar-refractivity contribution in [2.24, 2.45) is 0 Å². The molecule has 0 saturated heterocycles. The number of aromatic nitrogens is 4. The number of alkyl halides is 3. The van der Waals surface area contributed by atoms with Crippen molar-refractivity contribution in [2.45, 2.75) is 18.0 Å². The van der Waals surface area contributed by atoms with Crippen LogP contribution in [0.5, 0.6) is 11.6 Å². The van der Waals surface area contributed by atoms with Gasteiger partial charge in [-0.05, 0) is 18.2 Å². The minimum atomic E-state index is -4.66. The van der Waals surface area contributed by atoms with Crippen LogP contribution in [-0.2, 0) is 16.0 Å². The third kappa shape index (κ3) is 4.42. The van der Waals surface area contributed by atoms with Crippen LogP contribution in [0.3, 0.4) is 0 Å². The zero-order valence-electron chi connectivity index (χ0n) is 16.9. The number of nitrogens with zero attached hydrogens (tertiary/aromatic N) is 4. The molecular weight excluding hydrogens is 461 g/mol. The first-order chi connectivity index (χ1) is 15.6. The van der Waals surface area contributed by atoms with Crippen molar-refractivity contribution in [3.63, 3.8) is 0 Å². The van der Waals surface area contributed by atoms with Gasteiger partial charge in [-0.2, -0.15) is 23.0 Å². The molecule has 0 amide bonds.